The lowest BCUT2D eigenvalue weighted by Crippen LogP contribution is -2.40. The van der Waals surface area contributed by atoms with Crippen molar-refractivity contribution < 1.29 is 35.8 Å². The second-order valence-corrected chi connectivity index (χ2v) is 11.9. The van der Waals surface area contributed by atoms with Crippen LogP contribution in [-0.4, -0.2) is 80.2 Å². The summed E-state index contributed by atoms with van der Waals surface area (Å²) in [4.78, 5) is 13.9. The first-order chi connectivity index (χ1) is 17.2. The highest BCUT2D eigenvalue weighted by Gasteiger charge is 2.27. The zero-order valence-electron chi connectivity index (χ0n) is 19.9. The van der Waals surface area contributed by atoms with Crippen LogP contribution >= 0.6 is 0 Å². The predicted octanol–water partition coefficient (Wildman–Crippen LogP) is 1.20. The molecule has 13 heteroatoms. The van der Waals surface area contributed by atoms with E-state index in [0.717, 1.165) is 0 Å². The molecule has 0 radical (unpaired) electrons. The second kappa shape index (κ2) is 11.1. The molecular formula is C23H29N3O8S2. The van der Waals surface area contributed by atoms with Crippen LogP contribution in [0.3, 0.4) is 0 Å². The SMILES string of the molecule is COc1ccc(S(=O)(=O)NCCOc2ccc(S(=O)(=O)N3CCOCC3)cc2)cc1N1CCCC1=O. The minimum absolute atomic E-state index is 0.00988. The smallest absolute Gasteiger partial charge is 0.243 e. The van der Waals surface area contributed by atoms with Gasteiger partial charge in [-0.3, -0.25) is 4.79 Å². The van der Waals surface area contributed by atoms with Gasteiger partial charge in [-0.05, 0) is 48.9 Å². The number of rotatable bonds is 10. The molecule has 1 amide bonds. The Labute approximate surface area is 211 Å². The first kappa shape index (κ1) is 26.4. The number of hydrogen-bond acceptors (Lipinski definition) is 8. The van der Waals surface area contributed by atoms with Crippen molar-refractivity contribution in [1.82, 2.24) is 9.03 Å². The third-order valence-electron chi connectivity index (χ3n) is 5.92. The van der Waals surface area contributed by atoms with Crippen molar-refractivity contribution in [2.24, 2.45) is 0 Å². The summed E-state index contributed by atoms with van der Waals surface area (Å²) in [6.07, 6.45) is 1.12. The maximum atomic E-state index is 12.8. The van der Waals surface area contributed by atoms with Gasteiger partial charge in [0.25, 0.3) is 0 Å². The van der Waals surface area contributed by atoms with E-state index < -0.39 is 20.0 Å². The van der Waals surface area contributed by atoms with E-state index in [2.05, 4.69) is 4.72 Å². The van der Waals surface area contributed by atoms with Crippen LogP contribution < -0.4 is 19.1 Å². The van der Waals surface area contributed by atoms with Crippen LogP contribution in [0.15, 0.2) is 52.3 Å². The van der Waals surface area contributed by atoms with Crippen LogP contribution in [0.25, 0.3) is 0 Å². The third kappa shape index (κ3) is 5.81. The maximum Gasteiger partial charge on any atom is 0.243 e. The Hall–Kier alpha value is -2.71. The van der Waals surface area contributed by atoms with Crippen molar-refractivity contribution in [3.8, 4) is 11.5 Å². The summed E-state index contributed by atoms with van der Waals surface area (Å²) in [5.41, 5.74) is 0.422. The van der Waals surface area contributed by atoms with Gasteiger partial charge in [-0.25, -0.2) is 21.6 Å². The second-order valence-electron chi connectivity index (χ2n) is 8.22. The first-order valence-corrected chi connectivity index (χ1v) is 14.4. The van der Waals surface area contributed by atoms with Crippen LogP contribution in [0.2, 0.25) is 0 Å². The molecule has 196 valence electrons. The number of methoxy groups -OCH3 is 1. The largest absolute Gasteiger partial charge is 0.495 e. The lowest BCUT2D eigenvalue weighted by molar-refractivity contribution is -0.117. The Morgan fingerprint density at radius 2 is 1.67 bits per heavy atom. The van der Waals surface area contributed by atoms with Crippen LogP contribution in [-0.2, 0) is 29.6 Å². The van der Waals surface area contributed by atoms with Crippen LogP contribution in [0.1, 0.15) is 12.8 Å². The molecular weight excluding hydrogens is 510 g/mol. The molecule has 2 heterocycles. The Bertz CT molecular complexity index is 1290. The lowest BCUT2D eigenvalue weighted by atomic mass is 10.2. The average molecular weight is 540 g/mol. The van der Waals surface area contributed by atoms with Crippen molar-refractivity contribution in [3.05, 3.63) is 42.5 Å². The predicted molar refractivity (Wildman–Crippen MR) is 131 cm³/mol. The van der Waals surface area contributed by atoms with Crippen molar-refractivity contribution in [1.29, 1.82) is 0 Å². The maximum absolute atomic E-state index is 12.8. The third-order valence-corrected chi connectivity index (χ3v) is 9.29. The molecule has 1 N–H and O–H groups in total. The number of nitrogens with zero attached hydrogens (tertiary/aromatic N) is 2. The molecule has 4 rings (SSSR count). The number of carbonyl (C=O) groups excluding carboxylic acids is 1. The quantitative estimate of drug-likeness (QED) is 0.446. The molecule has 0 aliphatic carbocycles. The van der Waals surface area contributed by atoms with Gasteiger partial charge in [0.15, 0.2) is 0 Å². The molecule has 36 heavy (non-hydrogen) atoms. The van der Waals surface area contributed by atoms with Gasteiger partial charge >= 0.3 is 0 Å². The van der Waals surface area contributed by atoms with Gasteiger partial charge in [0.2, 0.25) is 26.0 Å². The monoisotopic (exact) mass is 539 g/mol. The molecule has 0 spiro atoms. The van der Waals surface area contributed by atoms with Crippen molar-refractivity contribution >= 4 is 31.6 Å². The Kier molecular flexibility index (Phi) is 8.15. The number of nitrogens with one attached hydrogen (secondary N) is 1. The standard InChI is InChI=1S/C23H29N3O8S2/c1-32-22-9-8-20(17-21(22)26-11-2-3-23(26)27)35(28,29)24-10-14-34-18-4-6-19(7-5-18)36(30,31)25-12-15-33-16-13-25/h4-9,17,24H,2-3,10-16H2,1H3. The topological polar surface area (TPSA) is 132 Å². The Balaban J connectivity index is 1.34. The van der Waals surface area contributed by atoms with E-state index in [1.807, 2.05) is 0 Å². The fraction of sp³-hybridized carbons (Fsp3) is 0.435. The highest BCUT2D eigenvalue weighted by atomic mass is 32.2. The van der Waals surface area contributed by atoms with Gasteiger partial charge < -0.3 is 19.1 Å². The minimum Gasteiger partial charge on any atom is -0.495 e. The fourth-order valence-corrected chi connectivity index (χ4v) is 6.46. The molecule has 2 fully saturated rings. The Morgan fingerprint density at radius 3 is 2.31 bits per heavy atom. The number of hydrogen-bond donors (Lipinski definition) is 1. The van der Waals surface area contributed by atoms with E-state index >= 15 is 0 Å². The molecule has 2 aromatic carbocycles. The van der Waals surface area contributed by atoms with Crippen molar-refractivity contribution in [2.75, 3.05) is 58.0 Å². The number of anilines is 1. The van der Waals surface area contributed by atoms with Crippen LogP contribution in [0.4, 0.5) is 5.69 Å². The van der Waals surface area contributed by atoms with Gasteiger partial charge in [0.05, 0.1) is 35.8 Å². The highest BCUT2D eigenvalue weighted by molar-refractivity contribution is 7.89. The minimum atomic E-state index is -3.87. The number of carbonyl (C=O) groups is 1. The van der Waals surface area contributed by atoms with E-state index in [4.69, 9.17) is 14.2 Å². The van der Waals surface area contributed by atoms with Gasteiger partial charge in [0, 0.05) is 32.6 Å². The fourth-order valence-electron chi connectivity index (χ4n) is 4.02. The molecule has 2 saturated heterocycles. The number of benzene rings is 2. The zero-order valence-corrected chi connectivity index (χ0v) is 21.5. The lowest BCUT2D eigenvalue weighted by Gasteiger charge is -2.26. The van der Waals surface area contributed by atoms with E-state index in [1.54, 1.807) is 0 Å². The summed E-state index contributed by atoms with van der Waals surface area (Å²) in [7, 11) is -6.00. The summed E-state index contributed by atoms with van der Waals surface area (Å²) in [6, 6.07) is 10.4. The summed E-state index contributed by atoms with van der Waals surface area (Å²) in [5.74, 6) is 0.758. The average Bonchev–Trinajstić information content (AvgIpc) is 3.32. The number of sulfonamides is 2. The van der Waals surface area contributed by atoms with Gasteiger partial charge in [0.1, 0.15) is 18.1 Å². The van der Waals surface area contributed by atoms with E-state index in [1.165, 1.54) is 58.8 Å². The van der Waals surface area contributed by atoms with Gasteiger partial charge in [-0.15, -0.1) is 0 Å². The normalized spacial score (nSPS) is 17.4. The van der Waals surface area contributed by atoms with E-state index in [-0.39, 0.29) is 28.8 Å². The van der Waals surface area contributed by atoms with Crippen LogP contribution in [0.5, 0.6) is 11.5 Å². The van der Waals surface area contributed by atoms with Crippen molar-refractivity contribution in [2.45, 2.75) is 22.6 Å². The van der Waals surface area contributed by atoms with Gasteiger partial charge in [-0.2, -0.15) is 4.31 Å². The first-order valence-electron chi connectivity index (χ1n) is 11.5. The summed E-state index contributed by atoms with van der Waals surface area (Å²) in [5, 5.41) is 0. The highest BCUT2D eigenvalue weighted by Crippen LogP contribution is 2.33. The van der Waals surface area contributed by atoms with E-state index in [9.17, 15) is 21.6 Å². The zero-order chi connectivity index (χ0) is 25.8. The number of amides is 1. The number of morpholine rings is 1. The molecule has 0 bridgehead atoms. The van der Waals surface area contributed by atoms with E-state index in [0.29, 0.717) is 62.9 Å². The molecule has 0 aromatic heterocycles. The van der Waals surface area contributed by atoms with Gasteiger partial charge in [-0.1, -0.05) is 0 Å². The summed E-state index contributed by atoms with van der Waals surface area (Å²) < 4.78 is 71.0. The molecule has 2 aliphatic heterocycles. The molecule has 0 unspecified atom stereocenters. The van der Waals surface area contributed by atoms with Crippen molar-refractivity contribution in [3.63, 3.8) is 0 Å². The summed E-state index contributed by atoms with van der Waals surface area (Å²) in [6.45, 7) is 1.87. The van der Waals surface area contributed by atoms with Crippen LogP contribution in [0, 0.1) is 0 Å². The Morgan fingerprint density at radius 1 is 0.972 bits per heavy atom. The molecule has 11 nitrogen and oxygen atoms in total. The molecule has 2 aromatic rings. The molecule has 0 atom stereocenters. The summed E-state index contributed by atoms with van der Waals surface area (Å²) >= 11 is 0. The molecule has 0 saturated carbocycles. The number of ether oxygens (including phenoxy) is 3. The molecule has 2 aliphatic rings.